The molecule has 3 N–H and O–H groups in total. The molecule has 1 aliphatic carbocycles. The molecule has 3 rings (SSSR count). The van der Waals surface area contributed by atoms with Crippen LogP contribution in [-0.4, -0.2) is 25.2 Å². The molecule has 2 aliphatic rings. The number of ether oxygens (including phenoxy) is 1. The Morgan fingerprint density at radius 1 is 1.18 bits per heavy atom. The van der Waals surface area contributed by atoms with Crippen molar-refractivity contribution in [2.75, 3.05) is 13.2 Å². The lowest BCUT2D eigenvalue weighted by Gasteiger charge is -2.25. The first-order valence-electron chi connectivity index (χ1n) is 8.11. The van der Waals surface area contributed by atoms with Gasteiger partial charge in [-0.3, -0.25) is 4.99 Å². The van der Waals surface area contributed by atoms with Gasteiger partial charge in [0.1, 0.15) is 5.75 Å². The summed E-state index contributed by atoms with van der Waals surface area (Å²) in [6.45, 7) is 1.51. The summed E-state index contributed by atoms with van der Waals surface area (Å²) in [5, 5.41) is 3.38. The van der Waals surface area contributed by atoms with Crippen LogP contribution < -0.4 is 15.8 Å². The minimum atomic E-state index is 0. The molecule has 22 heavy (non-hydrogen) atoms. The molecule has 5 heteroatoms. The van der Waals surface area contributed by atoms with E-state index in [0.29, 0.717) is 17.9 Å². The first-order valence-corrected chi connectivity index (χ1v) is 8.11. The Morgan fingerprint density at radius 2 is 1.95 bits per heavy atom. The summed E-state index contributed by atoms with van der Waals surface area (Å²) in [6, 6.07) is 8.77. The van der Waals surface area contributed by atoms with Crippen LogP contribution in [0, 0.1) is 0 Å². The topological polar surface area (TPSA) is 59.6 Å². The van der Waals surface area contributed by atoms with Gasteiger partial charge in [-0.15, -0.1) is 24.0 Å². The van der Waals surface area contributed by atoms with E-state index in [0.717, 1.165) is 25.3 Å². The van der Waals surface area contributed by atoms with Crippen LogP contribution in [0.2, 0.25) is 0 Å². The molecule has 1 fully saturated rings. The average Bonchev–Trinajstić information content (AvgIpc) is 2.54. The van der Waals surface area contributed by atoms with E-state index < -0.39 is 0 Å². The molecule has 0 saturated heterocycles. The molecule has 1 aromatic carbocycles. The number of nitrogens with one attached hydrogen (secondary N) is 1. The van der Waals surface area contributed by atoms with Crippen molar-refractivity contribution in [1.29, 1.82) is 0 Å². The molecule has 1 saturated carbocycles. The third-order valence-electron chi connectivity index (χ3n) is 4.52. The summed E-state index contributed by atoms with van der Waals surface area (Å²) < 4.78 is 5.69. The van der Waals surface area contributed by atoms with Gasteiger partial charge < -0.3 is 15.8 Å². The molecule has 1 aliphatic heterocycles. The molecule has 1 aromatic rings. The van der Waals surface area contributed by atoms with Crippen LogP contribution >= 0.6 is 24.0 Å². The maximum atomic E-state index is 6.05. The van der Waals surface area contributed by atoms with Gasteiger partial charge in [-0.2, -0.15) is 0 Å². The molecule has 0 spiro atoms. The second-order valence-corrected chi connectivity index (χ2v) is 6.08. The van der Waals surface area contributed by atoms with Crippen LogP contribution in [0.25, 0.3) is 0 Å². The van der Waals surface area contributed by atoms with Gasteiger partial charge in [-0.1, -0.05) is 37.5 Å². The van der Waals surface area contributed by atoms with E-state index in [1.165, 1.54) is 37.7 Å². The Balaban J connectivity index is 0.00000176. The normalized spacial score (nSPS) is 22.2. The van der Waals surface area contributed by atoms with Crippen molar-refractivity contribution in [2.45, 2.75) is 50.5 Å². The monoisotopic (exact) mass is 415 g/mol. The van der Waals surface area contributed by atoms with Crippen LogP contribution in [-0.2, 0) is 0 Å². The molecule has 1 unspecified atom stereocenters. The Bertz CT molecular complexity index is 500. The third kappa shape index (κ3) is 4.51. The number of nitrogens with two attached hydrogens (primary N) is 1. The molecule has 0 amide bonds. The molecular formula is C17H26IN3O. The molecule has 1 atom stereocenters. The molecule has 0 radical (unpaired) electrons. The lowest BCUT2D eigenvalue weighted by atomic mass is 9.93. The Morgan fingerprint density at radius 3 is 2.77 bits per heavy atom. The Labute approximate surface area is 149 Å². The quantitative estimate of drug-likeness (QED) is 0.452. The highest BCUT2D eigenvalue weighted by Crippen LogP contribution is 2.33. The van der Waals surface area contributed by atoms with Gasteiger partial charge in [0.2, 0.25) is 0 Å². The van der Waals surface area contributed by atoms with Crippen molar-refractivity contribution in [3.63, 3.8) is 0 Å². The fourth-order valence-electron chi connectivity index (χ4n) is 3.32. The van der Waals surface area contributed by atoms with Gasteiger partial charge in [0, 0.05) is 18.5 Å². The zero-order valence-electron chi connectivity index (χ0n) is 13.0. The highest BCUT2D eigenvalue weighted by molar-refractivity contribution is 14.0. The number of rotatable bonds is 3. The van der Waals surface area contributed by atoms with Crippen molar-refractivity contribution in [2.24, 2.45) is 10.7 Å². The van der Waals surface area contributed by atoms with Crippen LogP contribution in [0.4, 0.5) is 0 Å². The van der Waals surface area contributed by atoms with Gasteiger partial charge >= 0.3 is 0 Å². The van der Waals surface area contributed by atoms with E-state index >= 15 is 0 Å². The molecule has 4 nitrogen and oxygen atoms in total. The van der Waals surface area contributed by atoms with Crippen molar-refractivity contribution in [3.8, 4) is 5.75 Å². The van der Waals surface area contributed by atoms with Gasteiger partial charge in [0.05, 0.1) is 6.61 Å². The highest BCUT2D eigenvalue weighted by atomic mass is 127. The Kier molecular flexibility index (Phi) is 6.79. The summed E-state index contributed by atoms with van der Waals surface area (Å²) in [4.78, 5) is 4.57. The second kappa shape index (κ2) is 8.60. The molecule has 0 bridgehead atoms. The smallest absolute Gasteiger partial charge is 0.188 e. The number of nitrogens with zero attached hydrogens (tertiary/aromatic N) is 1. The molecule has 0 aromatic heterocycles. The third-order valence-corrected chi connectivity index (χ3v) is 4.52. The number of aliphatic imine (C=N–C) groups is 1. The average molecular weight is 415 g/mol. The zero-order valence-corrected chi connectivity index (χ0v) is 15.3. The second-order valence-electron chi connectivity index (χ2n) is 6.08. The first-order chi connectivity index (χ1) is 10.3. The number of hydrogen-bond acceptors (Lipinski definition) is 2. The number of hydrogen-bond donors (Lipinski definition) is 2. The SMILES string of the molecule is I.NC(=NCC1CCOc2ccccc21)NC1CCCCC1. The lowest BCUT2D eigenvalue weighted by Crippen LogP contribution is -2.41. The number of fused-ring (bicyclic) bond motifs is 1. The zero-order chi connectivity index (χ0) is 14.5. The van der Waals surface area contributed by atoms with Crippen molar-refractivity contribution in [3.05, 3.63) is 29.8 Å². The van der Waals surface area contributed by atoms with Crippen LogP contribution in [0.5, 0.6) is 5.75 Å². The fraction of sp³-hybridized carbons (Fsp3) is 0.588. The van der Waals surface area contributed by atoms with E-state index in [9.17, 15) is 0 Å². The number of guanidine groups is 1. The molecule has 122 valence electrons. The maximum absolute atomic E-state index is 6.05. The van der Waals surface area contributed by atoms with Crippen LogP contribution in [0.3, 0.4) is 0 Å². The summed E-state index contributed by atoms with van der Waals surface area (Å²) in [5.74, 6) is 2.02. The summed E-state index contributed by atoms with van der Waals surface area (Å²) >= 11 is 0. The largest absolute Gasteiger partial charge is 0.493 e. The number of benzene rings is 1. The van der Waals surface area contributed by atoms with Crippen molar-refractivity contribution >= 4 is 29.9 Å². The molecule has 1 heterocycles. The van der Waals surface area contributed by atoms with Gasteiger partial charge in [-0.05, 0) is 30.9 Å². The van der Waals surface area contributed by atoms with E-state index in [1.54, 1.807) is 0 Å². The highest BCUT2D eigenvalue weighted by Gasteiger charge is 2.21. The standard InChI is InChI=1S/C17H25N3O.HI/c18-17(20-14-6-2-1-3-7-14)19-12-13-10-11-21-16-9-5-4-8-15(13)16;/h4-5,8-9,13-14H,1-3,6-7,10-12H2,(H3,18,19,20);1H. The van der Waals surface area contributed by atoms with Crippen LogP contribution in [0.15, 0.2) is 29.3 Å². The number of halogens is 1. The maximum Gasteiger partial charge on any atom is 0.188 e. The van der Waals surface area contributed by atoms with Gasteiger partial charge in [0.15, 0.2) is 5.96 Å². The van der Waals surface area contributed by atoms with E-state index in [-0.39, 0.29) is 24.0 Å². The summed E-state index contributed by atoms with van der Waals surface area (Å²) in [5.41, 5.74) is 7.31. The summed E-state index contributed by atoms with van der Waals surface area (Å²) in [6.07, 6.45) is 7.41. The van der Waals surface area contributed by atoms with Crippen LogP contribution in [0.1, 0.15) is 50.0 Å². The minimum absolute atomic E-state index is 0. The minimum Gasteiger partial charge on any atom is -0.493 e. The predicted octanol–water partition coefficient (Wildman–Crippen LogP) is 3.41. The van der Waals surface area contributed by atoms with E-state index in [4.69, 9.17) is 10.5 Å². The van der Waals surface area contributed by atoms with Crippen molar-refractivity contribution in [1.82, 2.24) is 5.32 Å². The van der Waals surface area contributed by atoms with Gasteiger partial charge in [-0.25, -0.2) is 0 Å². The molecular weight excluding hydrogens is 389 g/mol. The van der Waals surface area contributed by atoms with Gasteiger partial charge in [0.25, 0.3) is 0 Å². The predicted molar refractivity (Wildman–Crippen MR) is 101 cm³/mol. The fourth-order valence-corrected chi connectivity index (χ4v) is 3.32. The summed E-state index contributed by atoms with van der Waals surface area (Å²) in [7, 11) is 0. The Hall–Kier alpha value is -0.980. The first kappa shape index (κ1) is 17.4. The van der Waals surface area contributed by atoms with E-state index in [2.05, 4.69) is 22.4 Å². The number of para-hydroxylation sites is 1. The lowest BCUT2D eigenvalue weighted by molar-refractivity contribution is 0.269. The van der Waals surface area contributed by atoms with E-state index in [1.807, 2.05) is 12.1 Å². The van der Waals surface area contributed by atoms with Crippen molar-refractivity contribution < 1.29 is 4.74 Å².